The number of carbonyl (C=O) groups is 1. The first-order valence-electron chi connectivity index (χ1n) is 7.42. The molecule has 0 aliphatic carbocycles. The van der Waals surface area contributed by atoms with Crippen LogP contribution < -0.4 is 5.32 Å². The molecule has 2 aromatic rings. The van der Waals surface area contributed by atoms with E-state index in [2.05, 4.69) is 5.32 Å². The van der Waals surface area contributed by atoms with Crippen molar-refractivity contribution in [3.05, 3.63) is 60.2 Å². The Morgan fingerprint density at radius 2 is 1.74 bits per heavy atom. The van der Waals surface area contributed by atoms with Crippen LogP contribution in [-0.4, -0.2) is 36.1 Å². The summed E-state index contributed by atoms with van der Waals surface area (Å²) in [5.41, 5.74) is 2.57. The summed E-state index contributed by atoms with van der Waals surface area (Å²) in [7, 11) is 0. The Morgan fingerprint density at radius 3 is 2.35 bits per heavy atom. The van der Waals surface area contributed by atoms with Crippen LogP contribution in [0.4, 0.5) is 4.39 Å². The number of nitrogens with one attached hydrogen (secondary N) is 1. The largest absolute Gasteiger partial charge is 0.344 e. The summed E-state index contributed by atoms with van der Waals surface area (Å²) in [6, 6.07) is 16.4. The zero-order valence-electron chi connectivity index (χ0n) is 12.4. The molecule has 2 aromatic carbocycles. The van der Waals surface area contributed by atoms with Gasteiger partial charge in [0.05, 0.1) is 19.1 Å². The Kier molecular flexibility index (Phi) is 4.24. The molecule has 0 saturated carbocycles. The molecule has 5 heteroatoms. The van der Waals surface area contributed by atoms with Gasteiger partial charge in [0, 0.05) is 5.56 Å². The second-order valence-corrected chi connectivity index (χ2v) is 5.54. The molecule has 1 heterocycles. The molecule has 0 unspecified atom stereocenters. The van der Waals surface area contributed by atoms with Crippen LogP contribution in [0.15, 0.2) is 54.6 Å². The molecule has 1 aliphatic rings. The predicted molar refractivity (Wildman–Crippen MR) is 85.2 cm³/mol. The Balaban J connectivity index is 1.68. The van der Waals surface area contributed by atoms with Gasteiger partial charge in [0.2, 0.25) is 0 Å². The van der Waals surface area contributed by atoms with Crippen molar-refractivity contribution in [1.29, 1.82) is 5.26 Å². The Labute approximate surface area is 134 Å². The van der Waals surface area contributed by atoms with Gasteiger partial charge in [-0.1, -0.05) is 42.5 Å². The second-order valence-electron chi connectivity index (χ2n) is 5.54. The van der Waals surface area contributed by atoms with E-state index in [1.54, 1.807) is 12.1 Å². The second kappa shape index (κ2) is 6.49. The van der Waals surface area contributed by atoms with Gasteiger partial charge >= 0.3 is 0 Å². The zero-order valence-corrected chi connectivity index (χ0v) is 12.4. The fourth-order valence-electron chi connectivity index (χ4n) is 2.68. The number of halogens is 1. The summed E-state index contributed by atoms with van der Waals surface area (Å²) in [5.74, 6) is -0.322. The first-order valence-corrected chi connectivity index (χ1v) is 7.42. The third-order valence-corrected chi connectivity index (χ3v) is 3.96. The Morgan fingerprint density at radius 1 is 1.09 bits per heavy atom. The number of carbonyl (C=O) groups excluding carboxylic acids is 1. The number of alkyl halides is 1. The van der Waals surface area contributed by atoms with Crippen LogP contribution in [0.25, 0.3) is 11.1 Å². The maximum atomic E-state index is 13.8. The monoisotopic (exact) mass is 309 g/mol. The summed E-state index contributed by atoms with van der Waals surface area (Å²) >= 11 is 0. The van der Waals surface area contributed by atoms with E-state index in [9.17, 15) is 9.18 Å². The summed E-state index contributed by atoms with van der Waals surface area (Å²) in [5, 5.41) is 11.4. The van der Waals surface area contributed by atoms with Crippen LogP contribution in [0.1, 0.15) is 10.4 Å². The van der Waals surface area contributed by atoms with Crippen molar-refractivity contribution >= 4 is 5.91 Å². The summed E-state index contributed by atoms with van der Waals surface area (Å²) in [6.07, 6.45) is 0.685. The minimum Gasteiger partial charge on any atom is -0.344 e. The molecule has 23 heavy (non-hydrogen) atoms. The summed E-state index contributed by atoms with van der Waals surface area (Å²) in [6.45, 7) is 0.250. The van der Waals surface area contributed by atoms with Gasteiger partial charge in [-0.15, -0.1) is 0 Å². The molecule has 0 radical (unpaired) electrons. The molecule has 4 nitrogen and oxygen atoms in total. The van der Waals surface area contributed by atoms with Gasteiger partial charge in [0.25, 0.3) is 5.91 Å². The first-order chi connectivity index (χ1) is 11.2. The van der Waals surface area contributed by atoms with Crippen molar-refractivity contribution in [2.45, 2.75) is 12.2 Å². The minimum atomic E-state index is -1.22. The molecule has 0 bridgehead atoms. The number of amides is 1. The predicted octanol–water partition coefficient (Wildman–Crippen LogP) is 2.59. The average Bonchev–Trinajstić information content (AvgIpc) is 2.96. The van der Waals surface area contributed by atoms with E-state index < -0.39 is 12.2 Å². The van der Waals surface area contributed by atoms with Crippen LogP contribution in [0.5, 0.6) is 0 Å². The van der Waals surface area contributed by atoms with Crippen LogP contribution in [0.3, 0.4) is 0 Å². The molecular weight excluding hydrogens is 293 g/mol. The number of rotatable bonds is 3. The molecule has 1 amide bonds. The van der Waals surface area contributed by atoms with E-state index in [1.807, 2.05) is 48.7 Å². The third kappa shape index (κ3) is 3.32. The molecular formula is C18H16FN3O. The fraction of sp³-hybridized carbons (Fsp3) is 0.222. The van der Waals surface area contributed by atoms with Gasteiger partial charge < -0.3 is 10.2 Å². The van der Waals surface area contributed by atoms with E-state index in [4.69, 9.17) is 5.26 Å². The highest BCUT2D eigenvalue weighted by atomic mass is 19.1. The van der Waals surface area contributed by atoms with Crippen molar-refractivity contribution < 1.29 is 9.18 Å². The number of benzene rings is 2. The van der Waals surface area contributed by atoms with Crippen LogP contribution in [0, 0.1) is 11.5 Å². The average molecular weight is 309 g/mol. The van der Waals surface area contributed by atoms with Gasteiger partial charge in [-0.2, -0.15) is 5.26 Å². The van der Waals surface area contributed by atoms with Gasteiger partial charge in [-0.3, -0.25) is 4.79 Å². The smallest absolute Gasteiger partial charge is 0.251 e. The fourth-order valence-corrected chi connectivity index (χ4v) is 2.68. The van der Waals surface area contributed by atoms with E-state index in [-0.39, 0.29) is 19.0 Å². The van der Waals surface area contributed by atoms with Crippen LogP contribution in [-0.2, 0) is 0 Å². The molecule has 1 fully saturated rings. The van der Waals surface area contributed by atoms with Gasteiger partial charge in [0.1, 0.15) is 6.17 Å². The maximum absolute atomic E-state index is 13.8. The van der Waals surface area contributed by atoms with Crippen LogP contribution in [0.2, 0.25) is 0 Å². The van der Waals surface area contributed by atoms with Crippen molar-refractivity contribution in [3.63, 3.8) is 0 Å². The number of likely N-dealkylation sites (tertiary alicyclic amines) is 1. The quantitative estimate of drug-likeness (QED) is 0.887. The lowest BCUT2D eigenvalue weighted by molar-refractivity contribution is 0.0923. The topological polar surface area (TPSA) is 56.1 Å². The standard InChI is InChI=1S/C18H16FN3O/c19-16-10-22(12-20)11-17(16)21-18(23)15-8-6-14(7-9-15)13-4-2-1-3-5-13/h1-9,16-17H,10-11H2,(H,21,23)/t16-,17-/m1/s1. The molecule has 0 aromatic heterocycles. The molecule has 3 rings (SSSR count). The van der Waals surface area contributed by atoms with Crippen molar-refractivity contribution in [2.75, 3.05) is 13.1 Å². The van der Waals surface area contributed by atoms with Crippen molar-refractivity contribution in [1.82, 2.24) is 10.2 Å². The zero-order chi connectivity index (χ0) is 16.2. The molecule has 0 spiro atoms. The third-order valence-electron chi connectivity index (χ3n) is 3.96. The SMILES string of the molecule is N#CN1C[C@@H](F)[C@H](NC(=O)c2ccc(-c3ccccc3)cc2)C1. The number of hydrogen-bond donors (Lipinski definition) is 1. The minimum absolute atomic E-state index is 0.0361. The normalized spacial score (nSPS) is 20.1. The highest BCUT2D eigenvalue weighted by Gasteiger charge is 2.33. The first kappa shape index (κ1) is 15.0. The molecule has 116 valence electrons. The molecule has 1 aliphatic heterocycles. The molecule has 2 atom stereocenters. The lowest BCUT2D eigenvalue weighted by Gasteiger charge is -2.14. The maximum Gasteiger partial charge on any atom is 0.251 e. The van der Waals surface area contributed by atoms with E-state index in [1.165, 1.54) is 4.90 Å². The summed E-state index contributed by atoms with van der Waals surface area (Å²) < 4.78 is 13.8. The Bertz CT molecular complexity index is 724. The van der Waals surface area contributed by atoms with Gasteiger partial charge in [-0.05, 0) is 23.3 Å². The van der Waals surface area contributed by atoms with Gasteiger partial charge in [0.15, 0.2) is 6.19 Å². The van der Waals surface area contributed by atoms with E-state index >= 15 is 0 Å². The van der Waals surface area contributed by atoms with Crippen LogP contribution >= 0.6 is 0 Å². The molecule has 1 N–H and O–H groups in total. The van der Waals surface area contributed by atoms with E-state index in [0.29, 0.717) is 5.56 Å². The van der Waals surface area contributed by atoms with Gasteiger partial charge in [-0.25, -0.2) is 4.39 Å². The summed E-state index contributed by atoms with van der Waals surface area (Å²) in [4.78, 5) is 13.5. The number of nitriles is 1. The highest BCUT2D eigenvalue weighted by molar-refractivity contribution is 5.95. The number of hydrogen-bond acceptors (Lipinski definition) is 3. The van der Waals surface area contributed by atoms with Crippen molar-refractivity contribution in [2.24, 2.45) is 0 Å². The number of nitrogens with zero attached hydrogens (tertiary/aromatic N) is 2. The molecule has 1 saturated heterocycles. The van der Waals surface area contributed by atoms with E-state index in [0.717, 1.165) is 11.1 Å². The Hall–Kier alpha value is -2.87. The lowest BCUT2D eigenvalue weighted by Crippen LogP contribution is -2.41. The van der Waals surface area contributed by atoms with Crippen molar-refractivity contribution in [3.8, 4) is 17.3 Å². The lowest BCUT2D eigenvalue weighted by atomic mass is 10.0. The highest BCUT2D eigenvalue weighted by Crippen LogP contribution is 2.19.